The predicted molar refractivity (Wildman–Crippen MR) is 84.5 cm³/mol. The molecule has 1 aromatic rings. The van der Waals surface area contributed by atoms with Crippen molar-refractivity contribution < 1.29 is 8.42 Å². The molecular formula is C16H24N2O2S. The van der Waals surface area contributed by atoms with Gasteiger partial charge in [-0.1, -0.05) is 6.42 Å². The van der Waals surface area contributed by atoms with Crippen molar-refractivity contribution in [2.75, 3.05) is 12.3 Å². The third kappa shape index (κ3) is 2.81. The van der Waals surface area contributed by atoms with Crippen LogP contribution in [0.15, 0.2) is 17.0 Å². The second kappa shape index (κ2) is 5.29. The van der Waals surface area contributed by atoms with Crippen molar-refractivity contribution in [2.45, 2.75) is 44.4 Å². The van der Waals surface area contributed by atoms with Gasteiger partial charge >= 0.3 is 0 Å². The van der Waals surface area contributed by atoms with Gasteiger partial charge in [0, 0.05) is 12.2 Å². The number of nitrogen functional groups attached to an aromatic ring is 1. The van der Waals surface area contributed by atoms with Gasteiger partial charge in [-0.25, -0.2) is 13.1 Å². The normalized spacial score (nSPS) is 28.2. The van der Waals surface area contributed by atoms with Gasteiger partial charge in [-0.3, -0.25) is 0 Å². The van der Waals surface area contributed by atoms with Gasteiger partial charge in [0.05, 0.1) is 4.90 Å². The van der Waals surface area contributed by atoms with Crippen LogP contribution in [0.5, 0.6) is 0 Å². The molecule has 2 fully saturated rings. The highest BCUT2D eigenvalue weighted by atomic mass is 32.2. The van der Waals surface area contributed by atoms with Crippen LogP contribution in [-0.4, -0.2) is 15.0 Å². The molecule has 0 heterocycles. The van der Waals surface area contributed by atoms with Crippen LogP contribution in [0, 0.1) is 31.6 Å². The molecule has 5 heteroatoms. The van der Waals surface area contributed by atoms with Gasteiger partial charge in [-0.05, 0) is 74.1 Å². The van der Waals surface area contributed by atoms with Crippen LogP contribution in [0.25, 0.3) is 0 Å². The van der Waals surface area contributed by atoms with Crippen LogP contribution in [0.1, 0.15) is 36.8 Å². The van der Waals surface area contributed by atoms with E-state index in [1.807, 2.05) is 13.0 Å². The molecule has 3 N–H and O–H groups in total. The Labute approximate surface area is 127 Å². The maximum atomic E-state index is 12.6. The molecule has 4 nitrogen and oxygen atoms in total. The Morgan fingerprint density at radius 2 is 2.00 bits per heavy atom. The number of sulfonamides is 1. The molecule has 3 unspecified atom stereocenters. The van der Waals surface area contributed by atoms with Gasteiger partial charge in [0.1, 0.15) is 0 Å². The molecule has 2 bridgehead atoms. The number of hydrogen-bond acceptors (Lipinski definition) is 3. The molecule has 0 aromatic heterocycles. The molecule has 2 aliphatic carbocycles. The Morgan fingerprint density at radius 3 is 2.62 bits per heavy atom. The molecule has 0 radical (unpaired) electrons. The van der Waals surface area contributed by atoms with Crippen LogP contribution in [0.4, 0.5) is 5.69 Å². The number of nitrogens with two attached hydrogens (primary N) is 1. The van der Waals surface area contributed by atoms with E-state index in [2.05, 4.69) is 4.72 Å². The van der Waals surface area contributed by atoms with Crippen molar-refractivity contribution in [3.05, 3.63) is 23.3 Å². The monoisotopic (exact) mass is 308 g/mol. The zero-order valence-corrected chi connectivity index (χ0v) is 13.5. The van der Waals surface area contributed by atoms with E-state index in [0.29, 0.717) is 28.6 Å². The van der Waals surface area contributed by atoms with Gasteiger partial charge in [0.25, 0.3) is 0 Å². The molecular weight excluding hydrogens is 284 g/mol. The lowest BCUT2D eigenvalue weighted by Crippen LogP contribution is -2.32. The molecule has 0 spiro atoms. The minimum atomic E-state index is -3.47. The Balaban J connectivity index is 1.75. The van der Waals surface area contributed by atoms with Gasteiger partial charge in [0.2, 0.25) is 10.0 Å². The number of anilines is 1. The molecule has 21 heavy (non-hydrogen) atoms. The van der Waals surface area contributed by atoms with Crippen LogP contribution in [0.2, 0.25) is 0 Å². The number of nitrogens with one attached hydrogen (secondary N) is 1. The molecule has 3 atom stereocenters. The third-order valence-electron chi connectivity index (χ3n) is 5.25. The lowest BCUT2D eigenvalue weighted by atomic mass is 9.89. The maximum Gasteiger partial charge on any atom is 0.240 e. The Kier molecular flexibility index (Phi) is 3.74. The minimum absolute atomic E-state index is 0.322. The summed E-state index contributed by atoms with van der Waals surface area (Å²) in [6.07, 6.45) is 5.08. The standard InChI is InChI=1S/C16H24N2O2S/c1-10-5-15(17)11(2)16(6-10)21(19,20)18-9-14-8-12-3-4-13(14)7-12/h5-6,12-14,18H,3-4,7-9,17H2,1-2H3. The Bertz CT molecular complexity index is 654. The smallest absolute Gasteiger partial charge is 0.240 e. The topological polar surface area (TPSA) is 72.2 Å². The van der Waals surface area contributed by atoms with Crippen molar-refractivity contribution in [3.8, 4) is 0 Å². The number of rotatable bonds is 4. The van der Waals surface area contributed by atoms with Crippen molar-refractivity contribution in [2.24, 2.45) is 17.8 Å². The minimum Gasteiger partial charge on any atom is -0.398 e. The van der Waals surface area contributed by atoms with Gasteiger partial charge < -0.3 is 5.73 Å². The van der Waals surface area contributed by atoms with Gasteiger partial charge in [-0.15, -0.1) is 0 Å². The second-order valence-electron chi connectivity index (χ2n) is 6.76. The third-order valence-corrected chi connectivity index (χ3v) is 6.80. The molecule has 116 valence electrons. The highest BCUT2D eigenvalue weighted by Gasteiger charge is 2.39. The summed E-state index contributed by atoms with van der Waals surface area (Å²) in [7, 11) is -3.47. The summed E-state index contributed by atoms with van der Waals surface area (Å²) in [5.74, 6) is 2.07. The number of aryl methyl sites for hydroxylation is 1. The zero-order chi connectivity index (χ0) is 15.2. The Morgan fingerprint density at radius 1 is 1.24 bits per heavy atom. The highest BCUT2D eigenvalue weighted by Crippen LogP contribution is 2.48. The number of benzene rings is 1. The first-order valence-electron chi connectivity index (χ1n) is 7.73. The largest absolute Gasteiger partial charge is 0.398 e. The average Bonchev–Trinajstić information content (AvgIpc) is 3.03. The lowest BCUT2D eigenvalue weighted by Gasteiger charge is -2.22. The van der Waals surface area contributed by atoms with Crippen molar-refractivity contribution in [1.29, 1.82) is 0 Å². The second-order valence-corrected chi connectivity index (χ2v) is 8.50. The fourth-order valence-corrected chi connectivity index (χ4v) is 5.50. The molecule has 3 rings (SSSR count). The van der Waals surface area contributed by atoms with E-state index >= 15 is 0 Å². The van der Waals surface area contributed by atoms with E-state index in [9.17, 15) is 8.42 Å². The van der Waals surface area contributed by atoms with E-state index in [-0.39, 0.29) is 0 Å². The number of fused-ring (bicyclic) bond motifs is 2. The summed E-state index contributed by atoms with van der Waals surface area (Å²) in [6, 6.07) is 3.51. The summed E-state index contributed by atoms with van der Waals surface area (Å²) in [5.41, 5.74) is 7.94. The van der Waals surface area contributed by atoms with E-state index in [0.717, 1.165) is 17.4 Å². The maximum absolute atomic E-state index is 12.6. The van der Waals surface area contributed by atoms with E-state index < -0.39 is 10.0 Å². The summed E-state index contributed by atoms with van der Waals surface area (Å²) in [5, 5.41) is 0. The number of hydrogen-bond donors (Lipinski definition) is 2. The summed E-state index contributed by atoms with van der Waals surface area (Å²) in [6.45, 7) is 4.20. The lowest BCUT2D eigenvalue weighted by molar-refractivity contribution is 0.333. The summed E-state index contributed by atoms with van der Waals surface area (Å²) >= 11 is 0. The van der Waals surface area contributed by atoms with Crippen molar-refractivity contribution >= 4 is 15.7 Å². The van der Waals surface area contributed by atoms with E-state index in [4.69, 9.17) is 5.73 Å². The summed E-state index contributed by atoms with van der Waals surface area (Å²) < 4.78 is 27.9. The Hall–Kier alpha value is -1.07. The zero-order valence-electron chi connectivity index (χ0n) is 12.7. The molecule has 2 aliphatic rings. The highest BCUT2D eigenvalue weighted by molar-refractivity contribution is 7.89. The molecule has 1 aromatic carbocycles. The van der Waals surface area contributed by atoms with Gasteiger partial charge in [-0.2, -0.15) is 0 Å². The first-order valence-corrected chi connectivity index (χ1v) is 9.21. The summed E-state index contributed by atoms with van der Waals surface area (Å²) in [4.78, 5) is 0.322. The fraction of sp³-hybridized carbons (Fsp3) is 0.625. The van der Waals surface area contributed by atoms with Crippen molar-refractivity contribution in [1.82, 2.24) is 4.72 Å². The van der Waals surface area contributed by atoms with E-state index in [1.54, 1.807) is 13.0 Å². The van der Waals surface area contributed by atoms with Crippen LogP contribution in [-0.2, 0) is 10.0 Å². The van der Waals surface area contributed by atoms with Crippen LogP contribution < -0.4 is 10.5 Å². The first kappa shape index (κ1) is 14.9. The van der Waals surface area contributed by atoms with Crippen LogP contribution in [0.3, 0.4) is 0 Å². The predicted octanol–water partition coefficient (Wildman–Crippen LogP) is 2.60. The van der Waals surface area contributed by atoms with Gasteiger partial charge in [0.15, 0.2) is 0 Å². The average molecular weight is 308 g/mol. The van der Waals surface area contributed by atoms with E-state index in [1.165, 1.54) is 25.7 Å². The van der Waals surface area contributed by atoms with Crippen LogP contribution >= 0.6 is 0 Å². The SMILES string of the molecule is Cc1cc(N)c(C)c(S(=O)(=O)NCC2CC3CCC2C3)c1. The fourth-order valence-electron chi connectivity index (χ4n) is 4.05. The molecule has 2 saturated carbocycles. The molecule has 0 amide bonds. The quantitative estimate of drug-likeness (QED) is 0.840. The van der Waals surface area contributed by atoms with Crippen molar-refractivity contribution in [3.63, 3.8) is 0 Å². The molecule has 0 aliphatic heterocycles. The first-order chi connectivity index (χ1) is 9.87. The molecule has 0 saturated heterocycles.